The van der Waals surface area contributed by atoms with E-state index in [0.29, 0.717) is 6.04 Å². The molecule has 0 radical (unpaired) electrons. The van der Waals surface area contributed by atoms with Crippen molar-refractivity contribution in [3.63, 3.8) is 0 Å². The molecular formula is C12H14N2O. The molecule has 0 spiro atoms. The molecule has 78 valence electrons. The maximum absolute atomic E-state index is 11.7. The van der Waals surface area contributed by atoms with Crippen LogP contribution in [0, 0.1) is 6.92 Å². The molecule has 1 unspecified atom stereocenters. The van der Waals surface area contributed by atoms with Gasteiger partial charge in [0.05, 0.1) is 6.04 Å². The van der Waals surface area contributed by atoms with Crippen molar-refractivity contribution < 1.29 is 4.79 Å². The Bertz CT molecular complexity index is 428. The predicted octanol–water partition coefficient (Wildman–Crippen LogP) is 1.84. The molecule has 1 atom stereocenters. The van der Waals surface area contributed by atoms with Crippen LogP contribution in [0.15, 0.2) is 18.2 Å². The van der Waals surface area contributed by atoms with Gasteiger partial charge in [-0.05, 0) is 37.0 Å². The maximum Gasteiger partial charge on any atom is 0.322 e. The molecule has 0 bridgehead atoms. The van der Waals surface area contributed by atoms with E-state index < -0.39 is 0 Å². The first-order valence-corrected chi connectivity index (χ1v) is 5.42. The predicted molar refractivity (Wildman–Crippen MR) is 59.2 cm³/mol. The van der Waals surface area contributed by atoms with E-state index in [0.717, 1.165) is 25.1 Å². The van der Waals surface area contributed by atoms with Crippen molar-refractivity contribution >= 4 is 11.7 Å². The number of carbonyl (C=O) groups is 1. The molecule has 0 aromatic heterocycles. The van der Waals surface area contributed by atoms with E-state index in [1.165, 1.54) is 11.1 Å². The van der Waals surface area contributed by atoms with Crippen molar-refractivity contribution in [1.82, 2.24) is 5.32 Å². The van der Waals surface area contributed by atoms with Crippen LogP contribution in [-0.4, -0.2) is 18.6 Å². The second-order valence-corrected chi connectivity index (χ2v) is 4.38. The van der Waals surface area contributed by atoms with Crippen molar-refractivity contribution in [3.05, 3.63) is 29.3 Å². The summed E-state index contributed by atoms with van der Waals surface area (Å²) in [5.41, 5.74) is 3.63. The monoisotopic (exact) mass is 202 g/mol. The highest BCUT2D eigenvalue weighted by molar-refractivity contribution is 5.96. The van der Waals surface area contributed by atoms with Gasteiger partial charge in [0.15, 0.2) is 0 Å². The summed E-state index contributed by atoms with van der Waals surface area (Å²) in [6.07, 6.45) is 2.17. The van der Waals surface area contributed by atoms with Crippen molar-refractivity contribution in [2.75, 3.05) is 11.4 Å². The van der Waals surface area contributed by atoms with Gasteiger partial charge in [-0.1, -0.05) is 12.1 Å². The second kappa shape index (κ2) is 2.99. The van der Waals surface area contributed by atoms with Gasteiger partial charge in [-0.2, -0.15) is 0 Å². The third-order valence-electron chi connectivity index (χ3n) is 3.32. The van der Waals surface area contributed by atoms with Crippen LogP contribution >= 0.6 is 0 Å². The first-order valence-electron chi connectivity index (χ1n) is 5.42. The number of nitrogens with one attached hydrogen (secondary N) is 1. The van der Waals surface area contributed by atoms with Gasteiger partial charge < -0.3 is 5.32 Å². The number of carbonyl (C=O) groups excluding carboxylic acids is 1. The summed E-state index contributed by atoms with van der Waals surface area (Å²) in [4.78, 5) is 13.6. The topological polar surface area (TPSA) is 32.3 Å². The van der Waals surface area contributed by atoms with E-state index in [-0.39, 0.29) is 6.03 Å². The third kappa shape index (κ3) is 1.23. The standard InChI is InChI=1S/C12H14N2O/c1-8-2-3-9-4-5-10-7-13-12(15)14(10)11(9)6-8/h2-3,6,10H,4-5,7H2,1H3,(H,13,15). The number of hydrogen-bond acceptors (Lipinski definition) is 1. The normalized spacial score (nSPS) is 23.4. The summed E-state index contributed by atoms with van der Waals surface area (Å²) in [6.45, 7) is 2.87. The fraction of sp³-hybridized carbons (Fsp3) is 0.417. The van der Waals surface area contributed by atoms with E-state index in [4.69, 9.17) is 0 Å². The molecule has 2 aliphatic rings. The lowest BCUT2D eigenvalue weighted by atomic mass is 9.96. The fourth-order valence-electron chi connectivity index (χ4n) is 2.52. The van der Waals surface area contributed by atoms with Gasteiger partial charge in [-0.3, -0.25) is 4.90 Å². The highest BCUT2D eigenvalue weighted by Crippen LogP contribution is 2.33. The average molecular weight is 202 g/mol. The first kappa shape index (κ1) is 8.77. The number of urea groups is 1. The van der Waals surface area contributed by atoms with Crippen LogP contribution in [0.2, 0.25) is 0 Å². The van der Waals surface area contributed by atoms with Crippen LogP contribution in [0.5, 0.6) is 0 Å². The number of anilines is 1. The fourth-order valence-corrected chi connectivity index (χ4v) is 2.52. The zero-order valence-electron chi connectivity index (χ0n) is 8.79. The summed E-state index contributed by atoms with van der Waals surface area (Å²) < 4.78 is 0. The maximum atomic E-state index is 11.7. The summed E-state index contributed by atoms with van der Waals surface area (Å²) in [5, 5.41) is 2.91. The van der Waals surface area contributed by atoms with Gasteiger partial charge in [0.25, 0.3) is 0 Å². The van der Waals surface area contributed by atoms with E-state index >= 15 is 0 Å². The minimum absolute atomic E-state index is 0.0616. The molecule has 3 nitrogen and oxygen atoms in total. The second-order valence-electron chi connectivity index (χ2n) is 4.38. The largest absolute Gasteiger partial charge is 0.336 e. The van der Waals surface area contributed by atoms with Crippen molar-refractivity contribution in [2.24, 2.45) is 0 Å². The third-order valence-corrected chi connectivity index (χ3v) is 3.32. The zero-order chi connectivity index (χ0) is 10.4. The van der Waals surface area contributed by atoms with Gasteiger partial charge in [-0.15, -0.1) is 0 Å². The van der Waals surface area contributed by atoms with Gasteiger partial charge in [-0.25, -0.2) is 4.79 Å². The van der Waals surface area contributed by atoms with E-state index in [1.54, 1.807) is 0 Å². The van der Waals surface area contributed by atoms with E-state index in [1.807, 2.05) is 4.90 Å². The van der Waals surface area contributed by atoms with Crippen molar-refractivity contribution in [2.45, 2.75) is 25.8 Å². The van der Waals surface area contributed by atoms with Crippen LogP contribution in [0.25, 0.3) is 0 Å². The van der Waals surface area contributed by atoms with Gasteiger partial charge in [0, 0.05) is 12.2 Å². The molecule has 1 N–H and O–H groups in total. The molecule has 2 amide bonds. The molecule has 1 aromatic carbocycles. The molecule has 1 aromatic rings. The lowest BCUT2D eigenvalue weighted by Crippen LogP contribution is -2.38. The number of rotatable bonds is 0. The molecule has 1 saturated heterocycles. The number of aryl methyl sites for hydroxylation is 2. The van der Waals surface area contributed by atoms with Crippen LogP contribution in [0.1, 0.15) is 17.5 Å². The summed E-state index contributed by atoms with van der Waals surface area (Å²) in [6, 6.07) is 6.81. The Morgan fingerprint density at radius 1 is 1.47 bits per heavy atom. The highest BCUT2D eigenvalue weighted by Gasteiger charge is 2.35. The Balaban J connectivity index is 2.12. The number of nitrogens with zero attached hydrogens (tertiary/aromatic N) is 1. The Labute approximate surface area is 89.1 Å². The molecule has 15 heavy (non-hydrogen) atoms. The molecular weight excluding hydrogens is 188 g/mol. The van der Waals surface area contributed by atoms with Crippen LogP contribution in [0.4, 0.5) is 10.5 Å². The molecule has 1 fully saturated rings. The molecule has 0 aliphatic carbocycles. The molecule has 3 heteroatoms. The summed E-state index contributed by atoms with van der Waals surface area (Å²) >= 11 is 0. The van der Waals surface area contributed by atoms with E-state index in [2.05, 4.69) is 30.4 Å². The van der Waals surface area contributed by atoms with Crippen molar-refractivity contribution in [3.8, 4) is 0 Å². The highest BCUT2D eigenvalue weighted by atomic mass is 16.2. The first-order chi connectivity index (χ1) is 7.25. The Hall–Kier alpha value is -1.51. The van der Waals surface area contributed by atoms with Crippen LogP contribution in [-0.2, 0) is 6.42 Å². The Kier molecular flexibility index (Phi) is 1.75. The van der Waals surface area contributed by atoms with Crippen LogP contribution < -0.4 is 10.2 Å². The summed E-state index contributed by atoms with van der Waals surface area (Å²) in [5.74, 6) is 0. The quantitative estimate of drug-likeness (QED) is 0.684. The number of benzene rings is 1. The lowest BCUT2D eigenvalue weighted by molar-refractivity contribution is 0.251. The SMILES string of the molecule is Cc1ccc2c(c1)N1C(=O)NCC1CC2. The minimum atomic E-state index is 0.0616. The van der Waals surface area contributed by atoms with E-state index in [9.17, 15) is 4.79 Å². The van der Waals surface area contributed by atoms with Gasteiger partial charge >= 0.3 is 6.03 Å². The number of amides is 2. The average Bonchev–Trinajstić information content (AvgIpc) is 2.60. The molecule has 0 saturated carbocycles. The Morgan fingerprint density at radius 3 is 3.20 bits per heavy atom. The molecule has 2 heterocycles. The van der Waals surface area contributed by atoms with Crippen molar-refractivity contribution in [1.29, 1.82) is 0 Å². The molecule has 2 aliphatic heterocycles. The number of fused-ring (bicyclic) bond motifs is 3. The minimum Gasteiger partial charge on any atom is -0.336 e. The van der Waals surface area contributed by atoms with Gasteiger partial charge in [0.1, 0.15) is 0 Å². The number of hydrogen-bond donors (Lipinski definition) is 1. The van der Waals surface area contributed by atoms with Gasteiger partial charge in [0.2, 0.25) is 0 Å². The summed E-state index contributed by atoms with van der Waals surface area (Å²) in [7, 11) is 0. The zero-order valence-corrected chi connectivity index (χ0v) is 8.79. The van der Waals surface area contributed by atoms with Crippen LogP contribution in [0.3, 0.4) is 0 Å². The Morgan fingerprint density at radius 2 is 2.33 bits per heavy atom. The smallest absolute Gasteiger partial charge is 0.322 e. The lowest BCUT2D eigenvalue weighted by Gasteiger charge is -2.30. The molecule has 3 rings (SSSR count).